The largest absolute Gasteiger partial charge is 1.00 e. The van der Waals surface area contributed by atoms with E-state index in [1.54, 1.807) is 0 Å². The molecular weight excluding hydrogens is 295 g/mol. The van der Waals surface area contributed by atoms with Crippen LogP contribution in [0.4, 0.5) is 0 Å². The molecule has 0 saturated heterocycles. The molecule has 21 heavy (non-hydrogen) atoms. The van der Waals surface area contributed by atoms with Crippen LogP contribution < -0.4 is 29.6 Å². The average molecular weight is 326 g/mol. The standard InChI is InChI=1S/C16H32O3S.Na/c1-2-3-4-5-6-7-8-9-10-11-12-13-14-15-16-20(17,18)19;/h15-16H,2-14H2,1H3,(H,17,18,19);/q;+1/p-1/b16-15-;. The van der Waals surface area contributed by atoms with Crippen molar-refractivity contribution in [3.05, 3.63) is 11.5 Å². The van der Waals surface area contributed by atoms with Crippen LogP contribution in [0.15, 0.2) is 11.5 Å². The first kappa shape index (κ1) is 23.9. The van der Waals surface area contributed by atoms with Crippen molar-refractivity contribution in [1.29, 1.82) is 0 Å². The number of unbranched alkanes of at least 4 members (excludes halogenated alkanes) is 12. The quantitative estimate of drug-likeness (QED) is 0.279. The molecule has 0 rings (SSSR count). The molecule has 0 aliphatic carbocycles. The predicted molar refractivity (Wildman–Crippen MR) is 84.5 cm³/mol. The summed E-state index contributed by atoms with van der Waals surface area (Å²) in [5, 5.41) is 0.769. The molecule has 0 fully saturated rings. The van der Waals surface area contributed by atoms with Gasteiger partial charge in [0.1, 0.15) is 10.1 Å². The fourth-order valence-corrected chi connectivity index (χ4v) is 2.66. The van der Waals surface area contributed by atoms with Crippen LogP contribution in [-0.4, -0.2) is 13.0 Å². The van der Waals surface area contributed by atoms with E-state index >= 15 is 0 Å². The Kier molecular flexibility index (Phi) is 19.4. The zero-order valence-electron chi connectivity index (χ0n) is 14.0. The Morgan fingerprint density at radius 3 is 1.52 bits per heavy atom. The molecular formula is C16H31NaO3S. The molecule has 0 aliphatic heterocycles. The van der Waals surface area contributed by atoms with Crippen LogP contribution in [0, 0.1) is 0 Å². The van der Waals surface area contributed by atoms with Crippen LogP contribution in [0.5, 0.6) is 0 Å². The zero-order chi connectivity index (χ0) is 15.1. The minimum atomic E-state index is -4.17. The van der Waals surface area contributed by atoms with Crippen molar-refractivity contribution in [3.63, 3.8) is 0 Å². The van der Waals surface area contributed by atoms with Gasteiger partial charge in [0.2, 0.25) is 0 Å². The second kappa shape index (κ2) is 17.0. The van der Waals surface area contributed by atoms with Crippen molar-refractivity contribution in [2.24, 2.45) is 0 Å². The van der Waals surface area contributed by atoms with Gasteiger partial charge in [-0.15, -0.1) is 0 Å². The van der Waals surface area contributed by atoms with Crippen LogP contribution in [0.2, 0.25) is 0 Å². The van der Waals surface area contributed by atoms with Gasteiger partial charge < -0.3 is 4.55 Å². The van der Waals surface area contributed by atoms with Gasteiger partial charge >= 0.3 is 29.6 Å². The Balaban J connectivity index is 0. The predicted octanol–water partition coefficient (Wildman–Crippen LogP) is 2.14. The van der Waals surface area contributed by atoms with Gasteiger partial charge in [0.15, 0.2) is 0 Å². The first-order valence-corrected chi connectivity index (χ1v) is 9.66. The van der Waals surface area contributed by atoms with Crippen LogP contribution in [0.1, 0.15) is 90.4 Å². The summed E-state index contributed by atoms with van der Waals surface area (Å²) in [5.41, 5.74) is 0. The first-order chi connectivity index (χ1) is 9.56. The molecule has 0 aromatic heterocycles. The molecule has 120 valence electrons. The third kappa shape index (κ3) is 23.1. The van der Waals surface area contributed by atoms with Crippen LogP contribution in [0.3, 0.4) is 0 Å². The van der Waals surface area contributed by atoms with E-state index in [2.05, 4.69) is 6.92 Å². The Morgan fingerprint density at radius 1 is 0.762 bits per heavy atom. The summed E-state index contributed by atoms with van der Waals surface area (Å²) >= 11 is 0. The maximum absolute atomic E-state index is 10.3. The molecule has 0 saturated carbocycles. The van der Waals surface area contributed by atoms with E-state index in [-0.39, 0.29) is 29.6 Å². The van der Waals surface area contributed by atoms with Gasteiger partial charge in [0.05, 0.1) is 0 Å². The molecule has 0 radical (unpaired) electrons. The Morgan fingerprint density at radius 2 is 1.14 bits per heavy atom. The van der Waals surface area contributed by atoms with Gasteiger partial charge in [-0.1, -0.05) is 83.6 Å². The molecule has 0 aliphatic rings. The topological polar surface area (TPSA) is 57.2 Å². The molecule has 0 N–H and O–H groups in total. The summed E-state index contributed by atoms with van der Waals surface area (Å²) < 4.78 is 30.9. The Bertz CT molecular complexity index is 326. The van der Waals surface area contributed by atoms with Gasteiger partial charge in [0.25, 0.3) is 0 Å². The van der Waals surface area contributed by atoms with Gasteiger partial charge in [-0.2, -0.15) is 0 Å². The molecule has 0 unspecified atom stereocenters. The summed E-state index contributed by atoms with van der Waals surface area (Å²) in [7, 11) is -4.17. The molecule has 0 spiro atoms. The smallest absolute Gasteiger partial charge is 0.744 e. The van der Waals surface area contributed by atoms with Crippen LogP contribution in [0.25, 0.3) is 0 Å². The van der Waals surface area contributed by atoms with Gasteiger partial charge in [0, 0.05) is 5.41 Å². The normalized spacial score (nSPS) is 11.7. The second-order valence-corrected chi connectivity index (χ2v) is 6.80. The van der Waals surface area contributed by atoms with Crippen LogP contribution >= 0.6 is 0 Å². The first-order valence-electron chi connectivity index (χ1n) is 8.18. The molecule has 0 amide bonds. The maximum atomic E-state index is 10.3. The van der Waals surface area contributed by atoms with E-state index < -0.39 is 10.1 Å². The summed E-state index contributed by atoms with van der Waals surface area (Å²) in [6.07, 6.45) is 17.7. The Hall–Kier alpha value is 0.650. The minimum absolute atomic E-state index is 0. The van der Waals surface area contributed by atoms with Crippen molar-refractivity contribution in [2.45, 2.75) is 90.4 Å². The van der Waals surface area contributed by atoms with Crippen molar-refractivity contribution >= 4 is 10.1 Å². The fraction of sp³-hybridized carbons (Fsp3) is 0.875. The second-order valence-electron chi connectivity index (χ2n) is 5.54. The Labute approximate surface area is 154 Å². The summed E-state index contributed by atoms with van der Waals surface area (Å²) in [6.45, 7) is 2.25. The number of rotatable bonds is 14. The molecule has 0 atom stereocenters. The molecule has 0 heterocycles. The zero-order valence-corrected chi connectivity index (χ0v) is 16.8. The van der Waals surface area contributed by atoms with Crippen molar-refractivity contribution in [1.82, 2.24) is 0 Å². The van der Waals surface area contributed by atoms with E-state index in [0.717, 1.165) is 18.2 Å². The van der Waals surface area contributed by atoms with Crippen molar-refractivity contribution in [3.8, 4) is 0 Å². The number of hydrogen-bond acceptors (Lipinski definition) is 3. The molecule has 0 bridgehead atoms. The summed E-state index contributed by atoms with van der Waals surface area (Å²) in [6, 6.07) is 0. The summed E-state index contributed by atoms with van der Waals surface area (Å²) in [5.74, 6) is 0. The monoisotopic (exact) mass is 326 g/mol. The van der Waals surface area contributed by atoms with Gasteiger partial charge in [-0.05, 0) is 12.8 Å². The minimum Gasteiger partial charge on any atom is -0.744 e. The van der Waals surface area contributed by atoms with E-state index in [0.29, 0.717) is 6.42 Å². The SMILES string of the molecule is CCCCCCCCCCCCCC/C=C\S(=O)(=O)[O-].[Na+]. The van der Waals surface area contributed by atoms with Crippen molar-refractivity contribution in [2.75, 3.05) is 0 Å². The average Bonchev–Trinajstić information content (AvgIpc) is 2.38. The van der Waals surface area contributed by atoms with E-state index in [1.165, 1.54) is 70.3 Å². The van der Waals surface area contributed by atoms with Gasteiger partial charge in [-0.3, -0.25) is 0 Å². The van der Waals surface area contributed by atoms with E-state index in [4.69, 9.17) is 0 Å². The molecule has 0 aromatic carbocycles. The van der Waals surface area contributed by atoms with Gasteiger partial charge in [-0.25, -0.2) is 8.42 Å². The fourth-order valence-electron chi connectivity index (χ4n) is 2.29. The number of hydrogen-bond donors (Lipinski definition) is 0. The molecule has 0 aromatic rings. The third-order valence-electron chi connectivity index (χ3n) is 3.49. The summed E-state index contributed by atoms with van der Waals surface area (Å²) in [4.78, 5) is 0. The molecule has 3 nitrogen and oxygen atoms in total. The van der Waals surface area contributed by atoms with E-state index in [9.17, 15) is 13.0 Å². The van der Waals surface area contributed by atoms with Crippen molar-refractivity contribution < 1.29 is 42.5 Å². The van der Waals surface area contributed by atoms with Crippen LogP contribution in [-0.2, 0) is 10.1 Å². The van der Waals surface area contributed by atoms with E-state index in [1.807, 2.05) is 0 Å². The third-order valence-corrected chi connectivity index (χ3v) is 4.01. The molecule has 5 heteroatoms. The maximum Gasteiger partial charge on any atom is 1.00 e. The number of allylic oxidation sites excluding steroid dienone is 1.